The highest BCUT2D eigenvalue weighted by atomic mass is 16.5. The van der Waals surface area contributed by atoms with Crippen LogP contribution in [0.2, 0.25) is 0 Å². The van der Waals surface area contributed by atoms with Crippen molar-refractivity contribution in [2.24, 2.45) is 0 Å². The fourth-order valence-corrected chi connectivity index (χ4v) is 1.17. The van der Waals surface area contributed by atoms with E-state index in [0.717, 1.165) is 12.0 Å². The lowest BCUT2D eigenvalue weighted by Crippen LogP contribution is -2.07. The van der Waals surface area contributed by atoms with Crippen LogP contribution in [0.1, 0.15) is 31.9 Å². The number of hydrogen-bond donors (Lipinski definition) is 0. The Bertz CT molecular complexity index is 272. The molecule has 0 aliphatic rings. The van der Waals surface area contributed by atoms with Gasteiger partial charge >= 0.3 is 5.97 Å². The van der Waals surface area contributed by atoms with Crippen LogP contribution in [0.4, 0.5) is 0 Å². The quantitative estimate of drug-likeness (QED) is 0.667. The molecule has 0 aliphatic carbocycles. The van der Waals surface area contributed by atoms with Gasteiger partial charge in [-0.1, -0.05) is 6.92 Å². The van der Waals surface area contributed by atoms with E-state index in [-0.39, 0.29) is 12.1 Å². The van der Waals surface area contributed by atoms with Crippen LogP contribution in [-0.2, 0) is 9.53 Å². The monoisotopic (exact) mass is 179 g/mol. The van der Waals surface area contributed by atoms with Crippen molar-refractivity contribution in [1.82, 2.24) is 4.98 Å². The van der Waals surface area contributed by atoms with Gasteiger partial charge in [0.15, 0.2) is 0 Å². The Morgan fingerprint density at radius 1 is 1.54 bits per heavy atom. The summed E-state index contributed by atoms with van der Waals surface area (Å²) in [4.78, 5) is 14.6. The van der Waals surface area contributed by atoms with Crippen molar-refractivity contribution in [3.63, 3.8) is 0 Å². The molecule has 0 saturated carbocycles. The largest absolute Gasteiger partial charge is 0.458 e. The molecule has 0 N–H and O–H groups in total. The van der Waals surface area contributed by atoms with Crippen molar-refractivity contribution in [1.29, 1.82) is 0 Å². The average Bonchev–Trinajstić information content (AvgIpc) is 2.15. The Morgan fingerprint density at radius 2 is 2.15 bits per heavy atom. The van der Waals surface area contributed by atoms with Crippen molar-refractivity contribution >= 4 is 5.97 Å². The number of aromatic nitrogens is 1. The van der Waals surface area contributed by atoms with Gasteiger partial charge in [-0.15, -0.1) is 0 Å². The van der Waals surface area contributed by atoms with E-state index in [4.69, 9.17) is 4.74 Å². The number of carbonyl (C=O) groups is 1. The van der Waals surface area contributed by atoms with Crippen LogP contribution in [0.25, 0.3) is 0 Å². The smallest absolute Gasteiger partial charge is 0.303 e. The Balaban J connectivity index is 2.73. The summed E-state index contributed by atoms with van der Waals surface area (Å²) in [6.07, 6.45) is 4.03. The topological polar surface area (TPSA) is 39.2 Å². The molecule has 0 aliphatic heterocycles. The van der Waals surface area contributed by atoms with E-state index in [2.05, 4.69) is 4.98 Å². The molecule has 1 rings (SSSR count). The van der Waals surface area contributed by atoms with Gasteiger partial charge in [0.2, 0.25) is 0 Å². The van der Waals surface area contributed by atoms with Gasteiger partial charge in [-0.05, 0) is 24.1 Å². The zero-order valence-corrected chi connectivity index (χ0v) is 7.86. The van der Waals surface area contributed by atoms with Crippen LogP contribution in [0.3, 0.4) is 0 Å². The normalized spacial score (nSPS) is 12.2. The molecule has 0 radical (unpaired) electrons. The maximum Gasteiger partial charge on any atom is 0.303 e. The fraction of sp³-hybridized carbons (Fsp3) is 0.400. The molecule has 0 amide bonds. The number of rotatable bonds is 3. The Labute approximate surface area is 77.8 Å². The molecule has 0 unspecified atom stereocenters. The van der Waals surface area contributed by atoms with Crippen molar-refractivity contribution < 1.29 is 9.53 Å². The van der Waals surface area contributed by atoms with Crippen LogP contribution >= 0.6 is 0 Å². The van der Waals surface area contributed by atoms with E-state index in [1.54, 1.807) is 12.4 Å². The van der Waals surface area contributed by atoms with E-state index in [0.29, 0.717) is 0 Å². The molecule has 0 aromatic carbocycles. The maximum atomic E-state index is 10.7. The highest BCUT2D eigenvalue weighted by Crippen LogP contribution is 2.19. The number of hydrogen-bond acceptors (Lipinski definition) is 3. The lowest BCUT2D eigenvalue weighted by molar-refractivity contribution is -0.146. The fourth-order valence-electron chi connectivity index (χ4n) is 1.17. The lowest BCUT2D eigenvalue weighted by Gasteiger charge is -2.14. The lowest BCUT2D eigenvalue weighted by atomic mass is 10.1. The summed E-state index contributed by atoms with van der Waals surface area (Å²) in [5.41, 5.74) is 0.993. The van der Waals surface area contributed by atoms with Crippen molar-refractivity contribution in [3.8, 4) is 0 Å². The van der Waals surface area contributed by atoms with Crippen LogP contribution in [-0.4, -0.2) is 11.0 Å². The molecule has 70 valence electrons. The van der Waals surface area contributed by atoms with Crippen molar-refractivity contribution in [2.75, 3.05) is 0 Å². The molecule has 0 fully saturated rings. The third kappa shape index (κ3) is 2.86. The first-order valence-electron chi connectivity index (χ1n) is 4.31. The van der Waals surface area contributed by atoms with E-state index >= 15 is 0 Å². The molecule has 0 saturated heterocycles. The molecule has 3 heteroatoms. The molecule has 1 aromatic rings. The number of pyridine rings is 1. The minimum Gasteiger partial charge on any atom is -0.458 e. The summed E-state index contributed by atoms with van der Waals surface area (Å²) in [6.45, 7) is 3.40. The van der Waals surface area contributed by atoms with E-state index < -0.39 is 0 Å². The molecule has 1 atom stereocenters. The van der Waals surface area contributed by atoms with Gasteiger partial charge in [0, 0.05) is 19.3 Å². The van der Waals surface area contributed by atoms with Crippen LogP contribution < -0.4 is 0 Å². The Hall–Kier alpha value is -1.38. The molecule has 0 spiro atoms. The van der Waals surface area contributed by atoms with Crippen molar-refractivity contribution in [2.45, 2.75) is 26.4 Å². The summed E-state index contributed by atoms with van der Waals surface area (Å²) in [5, 5.41) is 0. The number of ether oxygens (including phenoxy) is 1. The SMILES string of the molecule is CC[C@H](OC(C)=O)c1ccncc1. The molecular weight excluding hydrogens is 166 g/mol. The maximum absolute atomic E-state index is 10.7. The standard InChI is InChI=1S/C10H13NO2/c1-3-10(13-8(2)12)9-4-6-11-7-5-9/h4-7,10H,3H2,1-2H3/t10-/m0/s1. The molecule has 13 heavy (non-hydrogen) atoms. The molecule has 0 bridgehead atoms. The predicted molar refractivity (Wildman–Crippen MR) is 49.0 cm³/mol. The van der Waals surface area contributed by atoms with E-state index in [9.17, 15) is 4.79 Å². The van der Waals surface area contributed by atoms with Crippen LogP contribution in [0, 0.1) is 0 Å². The summed E-state index contributed by atoms with van der Waals surface area (Å²) in [6, 6.07) is 3.72. The third-order valence-electron chi connectivity index (χ3n) is 1.76. The van der Waals surface area contributed by atoms with Gasteiger partial charge in [-0.25, -0.2) is 0 Å². The first-order valence-corrected chi connectivity index (χ1v) is 4.31. The van der Waals surface area contributed by atoms with Gasteiger partial charge in [-0.3, -0.25) is 9.78 Å². The molecule has 1 aromatic heterocycles. The second-order valence-corrected chi connectivity index (χ2v) is 2.79. The van der Waals surface area contributed by atoms with Crippen LogP contribution in [0.15, 0.2) is 24.5 Å². The molecule has 1 heterocycles. The summed E-state index contributed by atoms with van der Waals surface area (Å²) in [5.74, 6) is -0.247. The first-order chi connectivity index (χ1) is 6.24. The third-order valence-corrected chi connectivity index (χ3v) is 1.76. The number of esters is 1. The average molecular weight is 179 g/mol. The Morgan fingerprint density at radius 3 is 2.62 bits per heavy atom. The highest BCUT2D eigenvalue weighted by Gasteiger charge is 2.11. The second kappa shape index (κ2) is 4.60. The first kappa shape index (κ1) is 9.71. The van der Waals surface area contributed by atoms with Crippen molar-refractivity contribution in [3.05, 3.63) is 30.1 Å². The minimum atomic E-state index is -0.247. The predicted octanol–water partition coefficient (Wildman–Crippen LogP) is 2.10. The van der Waals surface area contributed by atoms with E-state index in [1.165, 1.54) is 6.92 Å². The molecular formula is C10H13NO2. The number of nitrogens with zero attached hydrogens (tertiary/aromatic N) is 1. The zero-order valence-electron chi connectivity index (χ0n) is 7.86. The van der Waals surface area contributed by atoms with Gasteiger partial charge in [0.05, 0.1) is 0 Å². The zero-order chi connectivity index (χ0) is 9.68. The summed E-state index contributed by atoms with van der Waals surface area (Å²) >= 11 is 0. The van der Waals surface area contributed by atoms with Gasteiger partial charge in [0.1, 0.15) is 6.10 Å². The van der Waals surface area contributed by atoms with Crippen LogP contribution in [0.5, 0.6) is 0 Å². The van der Waals surface area contributed by atoms with Gasteiger partial charge in [-0.2, -0.15) is 0 Å². The van der Waals surface area contributed by atoms with Gasteiger partial charge in [0.25, 0.3) is 0 Å². The Kier molecular flexibility index (Phi) is 3.43. The summed E-state index contributed by atoms with van der Waals surface area (Å²) in [7, 11) is 0. The second-order valence-electron chi connectivity index (χ2n) is 2.79. The highest BCUT2D eigenvalue weighted by molar-refractivity contribution is 5.66. The minimum absolute atomic E-state index is 0.138. The van der Waals surface area contributed by atoms with E-state index in [1.807, 2.05) is 19.1 Å². The van der Waals surface area contributed by atoms with Gasteiger partial charge < -0.3 is 4.74 Å². The number of carbonyl (C=O) groups excluding carboxylic acids is 1. The molecule has 3 nitrogen and oxygen atoms in total. The summed E-state index contributed by atoms with van der Waals surface area (Å²) < 4.78 is 5.12.